The van der Waals surface area contributed by atoms with Crippen LogP contribution in [0.5, 0.6) is 0 Å². The number of carboxylic acid groups (broad SMARTS) is 1. The number of nitrogens with zero attached hydrogens (tertiary/aromatic N) is 2. The van der Waals surface area contributed by atoms with E-state index in [9.17, 15) is 9.90 Å². The van der Waals surface area contributed by atoms with Crippen LogP contribution >= 0.6 is 0 Å². The number of pyridine rings is 1. The van der Waals surface area contributed by atoms with Crippen LogP contribution < -0.4 is 10.6 Å². The van der Waals surface area contributed by atoms with Crippen LogP contribution in [-0.4, -0.2) is 40.1 Å². The van der Waals surface area contributed by atoms with E-state index in [4.69, 9.17) is 0 Å². The van der Waals surface area contributed by atoms with Gasteiger partial charge in [0.2, 0.25) is 0 Å². The maximum atomic E-state index is 11.3. The van der Waals surface area contributed by atoms with Crippen LogP contribution in [0.3, 0.4) is 0 Å². The van der Waals surface area contributed by atoms with E-state index < -0.39 is 5.97 Å². The first-order valence-corrected chi connectivity index (χ1v) is 6.39. The third-order valence-corrected chi connectivity index (χ3v) is 2.81. The fraction of sp³-hybridized carbons (Fsp3) is 0.385. The fourth-order valence-electron chi connectivity index (χ4n) is 1.92. The lowest BCUT2D eigenvalue weighted by molar-refractivity contribution is 0.0690. The van der Waals surface area contributed by atoms with Gasteiger partial charge in [0.1, 0.15) is 5.65 Å². The smallest absolute Gasteiger partial charge is 0.356 e. The molecule has 0 amide bonds. The van der Waals surface area contributed by atoms with Gasteiger partial charge in [-0.3, -0.25) is 4.40 Å². The summed E-state index contributed by atoms with van der Waals surface area (Å²) in [6, 6.07) is 5.41. The molecule has 6 heteroatoms. The van der Waals surface area contributed by atoms with Gasteiger partial charge in [-0.15, -0.1) is 0 Å². The fourth-order valence-corrected chi connectivity index (χ4v) is 1.92. The first-order chi connectivity index (χ1) is 9.24. The molecule has 3 N–H and O–H groups in total. The number of anilines is 1. The highest BCUT2D eigenvalue weighted by Crippen LogP contribution is 2.17. The summed E-state index contributed by atoms with van der Waals surface area (Å²) in [5.41, 5.74) is 0.813. The van der Waals surface area contributed by atoms with E-state index in [0.717, 1.165) is 19.5 Å². The lowest BCUT2D eigenvalue weighted by Gasteiger charge is -2.04. The Balaban J connectivity index is 2.13. The van der Waals surface area contributed by atoms with Gasteiger partial charge in [0, 0.05) is 12.7 Å². The van der Waals surface area contributed by atoms with Gasteiger partial charge in [-0.25, -0.2) is 9.78 Å². The highest BCUT2D eigenvalue weighted by molar-refractivity contribution is 5.92. The SMILES string of the molecule is CCNCCCNc1nc2ccccn2c1C(=O)O. The average molecular weight is 262 g/mol. The third kappa shape index (κ3) is 3.03. The number of aromatic carboxylic acids is 1. The second kappa shape index (κ2) is 6.19. The summed E-state index contributed by atoms with van der Waals surface area (Å²) in [6.45, 7) is 4.59. The Bertz CT molecular complexity index is 565. The molecule has 19 heavy (non-hydrogen) atoms. The van der Waals surface area contributed by atoms with Crippen LogP contribution in [0, 0.1) is 0 Å². The molecule has 0 bridgehead atoms. The van der Waals surface area contributed by atoms with Crippen molar-refractivity contribution in [2.24, 2.45) is 0 Å². The van der Waals surface area contributed by atoms with Crippen LogP contribution in [0.25, 0.3) is 5.65 Å². The van der Waals surface area contributed by atoms with E-state index in [0.29, 0.717) is 18.0 Å². The zero-order valence-electron chi connectivity index (χ0n) is 10.9. The molecule has 0 aliphatic heterocycles. The molecule has 0 aliphatic carbocycles. The Kier molecular flexibility index (Phi) is 4.35. The van der Waals surface area contributed by atoms with Crippen molar-refractivity contribution in [3.8, 4) is 0 Å². The summed E-state index contributed by atoms with van der Waals surface area (Å²) in [4.78, 5) is 15.6. The highest BCUT2D eigenvalue weighted by Gasteiger charge is 2.17. The van der Waals surface area contributed by atoms with E-state index in [1.165, 1.54) is 0 Å². The highest BCUT2D eigenvalue weighted by atomic mass is 16.4. The second-order valence-electron chi connectivity index (χ2n) is 4.18. The summed E-state index contributed by atoms with van der Waals surface area (Å²) >= 11 is 0. The Morgan fingerprint density at radius 1 is 1.42 bits per heavy atom. The first kappa shape index (κ1) is 13.4. The molecule has 2 rings (SSSR count). The van der Waals surface area contributed by atoms with Crippen molar-refractivity contribution >= 4 is 17.4 Å². The molecule has 0 spiro atoms. The number of rotatable bonds is 7. The quantitative estimate of drug-likeness (QED) is 0.658. The molecule has 0 aliphatic rings. The average Bonchev–Trinajstić information content (AvgIpc) is 2.76. The largest absolute Gasteiger partial charge is 0.476 e. The summed E-state index contributed by atoms with van der Waals surface area (Å²) in [5.74, 6) is -0.553. The van der Waals surface area contributed by atoms with Gasteiger partial charge >= 0.3 is 5.97 Å². The van der Waals surface area contributed by atoms with Crippen LogP contribution in [0.15, 0.2) is 24.4 Å². The van der Waals surface area contributed by atoms with Gasteiger partial charge in [-0.05, 0) is 31.6 Å². The van der Waals surface area contributed by atoms with E-state index in [2.05, 4.69) is 22.5 Å². The molecule has 0 aromatic carbocycles. The molecule has 0 unspecified atom stereocenters. The molecular weight excluding hydrogens is 244 g/mol. The molecular formula is C13H18N4O2. The first-order valence-electron chi connectivity index (χ1n) is 6.39. The monoisotopic (exact) mass is 262 g/mol. The number of imidazole rings is 1. The lowest BCUT2D eigenvalue weighted by atomic mass is 10.3. The molecule has 2 aromatic heterocycles. The zero-order valence-corrected chi connectivity index (χ0v) is 10.9. The molecule has 6 nitrogen and oxygen atoms in total. The van der Waals surface area contributed by atoms with Crippen LogP contribution in [-0.2, 0) is 0 Å². The Labute approximate surface area is 111 Å². The van der Waals surface area contributed by atoms with Crippen molar-refractivity contribution in [3.63, 3.8) is 0 Å². The van der Waals surface area contributed by atoms with Crippen LogP contribution in [0.1, 0.15) is 23.8 Å². The van der Waals surface area contributed by atoms with Crippen molar-refractivity contribution < 1.29 is 9.90 Å². The molecule has 0 fully saturated rings. The maximum absolute atomic E-state index is 11.3. The number of carboxylic acids is 1. The van der Waals surface area contributed by atoms with Crippen molar-refractivity contribution in [2.45, 2.75) is 13.3 Å². The zero-order chi connectivity index (χ0) is 13.7. The number of fused-ring (bicyclic) bond motifs is 1. The minimum absolute atomic E-state index is 0.180. The van der Waals surface area contributed by atoms with Crippen LogP contribution in [0.4, 0.5) is 5.82 Å². The van der Waals surface area contributed by atoms with Gasteiger partial charge in [-0.2, -0.15) is 0 Å². The van der Waals surface area contributed by atoms with Crippen LogP contribution in [0.2, 0.25) is 0 Å². The Morgan fingerprint density at radius 3 is 3.00 bits per heavy atom. The van der Waals surface area contributed by atoms with Crippen molar-refractivity contribution in [1.29, 1.82) is 0 Å². The van der Waals surface area contributed by atoms with Crippen molar-refractivity contribution in [3.05, 3.63) is 30.1 Å². The van der Waals surface area contributed by atoms with Crippen molar-refractivity contribution in [1.82, 2.24) is 14.7 Å². The summed E-state index contributed by atoms with van der Waals surface area (Å²) < 4.78 is 1.58. The molecule has 0 saturated heterocycles. The molecule has 0 atom stereocenters. The van der Waals surface area contributed by atoms with Gasteiger partial charge in [-0.1, -0.05) is 13.0 Å². The standard InChI is InChI=1S/C13H18N4O2/c1-2-14-7-5-8-15-12-11(13(18)19)17-9-4-3-6-10(17)16-12/h3-4,6,9,14-15H,2,5,7-8H2,1H3,(H,18,19). The summed E-state index contributed by atoms with van der Waals surface area (Å²) in [5, 5.41) is 15.6. The molecule has 102 valence electrons. The summed E-state index contributed by atoms with van der Waals surface area (Å²) in [6.07, 6.45) is 2.62. The normalized spacial score (nSPS) is 10.8. The number of hydrogen-bond donors (Lipinski definition) is 3. The predicted octanol–water partition coefficient (Wildman–Crippen LogP) is 1.44. The van der Waals surface area contributed by atoms with Gasteiger partial charge in [0.15, 0.2) is 11.5 Å². The predicted molar refractivity (Wildman–Crippen MR) is 73.8 cm³/mol. The van der Waals surface area contributed by atoms with E-state index in [1.807, 2.05) is 6.07 Å². The molecule has 2 heterocycles. The second-order valence-corrected chi connectivity index (χ2v) is 4.18. The summed E-state index contributed by atoms with van der Waals surface area (Å²) in [7, 11) is 0. The Morgan fingerprint density at radius 2 is 2.26 bits per heavy atom. The molecule has 0 saturated carbocycles. The number of nitrogens with one attached hydrogen (secondary N) is 2. The molecule has 0 radical (unpaired) electrons. The van der Waals surface area contributed by atoms with E-state index in [-0.39, 0.29) is 5.69 Å². The number of carbonyl (C=O) groups is 1. The van der Waals surface area contributed by atoms with Gasteiger partial charge in [0.25, 0.3) is 0 Å². The Hall–Kier alpha value is -2.08. The molecule has 2 aromatic rings. The minimum Gasteiger partial charge on any atom is -0.476 e. The number of hydrogen-bond acceptors (Lipinski definition) is 4. The maximum Gasteiger partial charge on any atom is 0.356 e. The van der Waals surface area contributed by atoms with Gasteiger partial charge < -0.3 is 15.7 Å². The van der Waals surface area contributed by atoms with Gasteiger partial charge in [0.05, 0.1) is 0 Å². The number of aromatic nitrogens is 2. The van der Waals surface area contributed by atoms with E-state index >= 15 is 0 Å². The lowest BCUT2D eigenvalue weighted by Crippen LogP contribution is -2.18. The minimum atomic E-state index is -0.979. The van der Waals surface area contributed by atoms with E-state index in [1.54, 1.807) is 22.7 Å². The van der Waals surface area contributed by atoms with Crippen molar-refractivity contribution in [2.75, 3.05) is 25.0 Å². The topological polar surface area (TPSA) is 78.7 Å². The third-order valence-electron chi connectivity index (χ3n) is 2.81.